The molecule has 2 aromatic carbocycles. The topological polar surface area (TPSA) is 71.8 Å². The molecular formula is C40H38N4O. The zero-order chi connectivity index (χ0) is 31.8. The molecule has 4 aromatic heterocycles. The number of pyridine rings is 4. The molecule has 1 N–H and O–H groups in total. The lowest BCUT2D eigenvalue weighted by molar-refractivity contribution is 0.477. The second-order valence-electron chi connectivity index (χ2n) is 13.5. The Kier molecular flexibility index (Phi) is 7.80. The summed E-state index contributed by atoms with van der Waals surface area (Å²) in [5.41, 5.74) is 10.2. The van der Waals surface area contributed by atoms with Gasteiger partial charge in [-0.15, -0.1) is 0 Å². The van der Waals surface area contributed by atoms with Gasteiger partial charge in [-0.2, -0.15) is 0 Å². The first-order valence-electron chi connectivity index (χ1n) is 15.3. The van der Waals surface area contributed by atoms with Gasteiger partial charge in [0, 0.05) is 34.6 Å². The molecule has 5 heteroatoms. The minimum absolute atomic E-state index is 0.0508. The van der Waals surface area contributed by atoms with Crippen LogP contribution in [0.1, 0.15) is 52.7 Å². The number of benzene rings is 2. The predicted molar refractivity (Wildman–Crippen MR) is 184 cm³/mol. The van der Waals surface area contributed by atoms with Crippen molar-refractivity contribution in [2.24, 2.45) is 0 Å². The number of hydrogen-bond donors (Lipinski definition) is 1. The molecule has 0 fully saturated rings. The van der Waals surface area contributed by atoms with Crippen molar-refractivity contribution in [2.75, 3.05) is 0 Å². The zero-order valence-electron chi connectivity index (χ0n) is 26.7. The third kappa shape index (κ3) is 6.39. The molecule has 0 amide bonds. The molecule has 4 heterocycles. The van der Waals surface area contributed by atoms with Gasteiger partial charge in [0.2, 0.25) is 0 Å². The van der Waals surface area contributed by atoms with Crippen molar-refractivity contribution in [3.63, 3.8) is 0 Å². The summed E-state index contributed by atoms with van der Waals surface area (Å²) in [7, 11) is 0. The maximum atomic E-state index is 11.6. The van der Waals surface area contributed by atoms with E-state index in [1.807, 2.05) is 91.1 Å². The van der Waals surface area contributed by atoms with Crippen LogP contribution in [0.3, 0.4) is 0 Å². The normalized spacial score (nSPS) is 11.9. The first kappa shape index (κ1) is 29.9. The van der Waals surface area contributed by atoms with Crippen molar-refractivity contribution in [1.29, 1.82) is 0 Å². The van der Waals surface area contributed by atoms with Crippen molar-refractivity contribution in [2.45, 2.75) is 52.4 Å². The minimum atomic E-state index is -0.144. The van der Waals surface area contributed by atoms with Gasteiger partial charge in [0.15, 0.2) is 0 Å². The second kappa shape index (κ2) is 11.7. The van der Waals surface area contributed by atoms with Gasteiger partial charge in [0.1, 0.15) is 5.75 Å². The molecule has 0 aliphatic carbocycles. The SMILES string of the molecule is CC(C)(C)c1cc(-c2ccccn2)cc(-c2cccc(-c3cccc(-c4cc(C(C)(C)C)cc(-c5ccccn5)c4O)n3)n2)c1. The summed E-state index contributed by atoms with van der Waals surface area (Å²) in [5.74, 6) is 0.161. The Labute approximate surface area is 265 Å². The van der Waals surface area contributed by atoms with E-state index in [2.05, 4.69) is 69.7 Å². The van der Waals surface area contributed by atoms with Gasteiger partial charge in [-0.05, 0) is 101 Å². The van der Waals surface area contributed by atoms with Crippen molar-refractivity contribution < 1.29 is 5.11 Å². The molecule has 0 atom stereocenters. The molecule has 224 valence electrons. The second-order valence-corrected chi connectivity index (χ2v) is 13.5. The van der Waals surface area contributed by atoms with Gasteiger partial charge in [-0.3, -0.25) is 9.97 Å². The van der Waals surface area contributed by atoms with E-state index >= 15 is 0 Å². The monoisotopic (exact) mass is 590 g/mol. The molecule has 6 rings (SSSR count). The Hall–Kier alpha value is -5.16. The minimum Gasteiger partial charge on any atom is -0.507 e. The molecule has 0 unspecified atom stereocenters. The van der Waals surface area contributed by atoms with Crippen molar-refractivity contribution in [3.8, 4) is 62.2 Å². The van der Waals surface area contributed by atoms with Crippen LogP contribution in [0.2, 0.25) is 0 Å². The Morgan fingerprint density at radius 1 is 0.444 bits per heavy atom. The highest BCUT2D eigenvalue weighted by molar-refractivity contribution is 5.81. The molecule has 0 aliphatic rings. The van der Waals surface area contributed by atoms with Gasteiger partial charge in [-0.1, -0.05) is 65.8 Å². The van der Waals surface area contributed by atoms with Crippen molar-refractivity contribution in [1.82, 2.24) is 19.9 Å². The highest BCUT2D eigenvalue weighted by Crippen LogP contribution is 2.41. The molecule has 5 nitrogen and oxygen atoms in total. The Balaban J connectivity index is 1.45. The van der Waals surface area contributed by atoms with Crippen LogP contribution in [0, 0.1) is 0 Å². The first-order chi connectivity index (χ1) is 21.5. The van der Waals surface area contributed by atoms with Gasteiger partial charge >= 0.3 is 0 Å². The third-order valence-electron chi connectivity index (χ3n) is 8.01. The average Bonchev–Trinajstić information content (AvgIpc) is 3.04. The molecule has 0 saturated carbocycles. The molecule has 0 spiro atoms. The Morgan fingerprint density at radius 3 is 1.44 bits per heavy atom. The number of aromatic hydroxyl groups is 1. The zero-order valence-corrected chi connectivity index (χ0v) is 26.7. The number of phenolic OH excluding ortho intramolecular Hbond substituents is 1. The van der Waals surface area contributed by atoms with Crippen molar-refractivity contribution >= 4 is 0 Å². The summed E-state index contributed by atoms with van der Waals surface area (Å²) in [6.07, 6.45) is 3.57. The van der Waals surface area contributed by atoms with E-state index in [9.17, 15) is 5.11 Å². The van der Waals surface area contributed by atoms with Crippen LogP contribution in [0.5, 0.6) is 5.75 Å². The highest BCUT2D eigenvalue weighted by atomic mass is 16.3. The fourth-order valence-corrected chi connectivity index (χ4v) is 5.34. The third-order valence-corrected chi connectivity index (χ3v) is 8.01. The summed E-state index contributed by atoms with van der Waals surface area (Å²) in [6, 6.07) is 34.3. The molecule has 0 aliphatic heterocycles. The van der Waals surface area contributed by atoms with E-state index < -0.39 is 0 Å². The van der Waals surface area contributed by atoms with E-state index in [1.165, 1.54) is 5.56 Å². The lowest BCUT2D eigenvalue weighted by atomic mass is 9.83. The summed E-state index contributed by atoms with van der Waals surface area (Å²) in [5, 5.41) is 11.6. The Morgan fingerprint density at radius 2 is 0.889 bits per heavy atom. The van der Waals surface area contributed by atoms with Crippen LogP contribution in [-0.2, 0) is 10.8 Å². The Bertz CT molecular complexity index is 1970. The maximum Gasteiger partial charge on any atom is 0.134 e. The standard InChI is InChI=1S/C40H38N4O/c1-39(2,3)28-22-26(32-13-7-9-19-41-32)21-27(23-28)33-15-11-17-36(43-33)37-18-12-16-35(44-37)31-25-29(40(4,5)6)24-30(38(31)45)34-14-8-10-20-42-34/h7-25,45H,1-6H3. The van der Waals surface area contributed by atoms with Crippen LogP contribution < -0.4 is 0 Å². The van der Waals surface area contributed by atoms with Crippen LogP contribution in [-0.4, -0.2) is 25.0 Å². The summed E-state index contributed by atoms with van der Waals surface area (Å²) in [6.45, 7) is 13.2. The predicted octanol–water partition coefficient (Wildman–Crippen LogP) is 9.90. The summed E-state index contributed by atoms with van der Waals surface area (Å²) in [4.78, 5) is 19.3. The number of hydrogen-bond acceptors (Lipinski definition) is 5. The molecule has 6 aromatic rings. The van der Waals surface area contributed by atoms with Crippen molar-refractivity contribution in [3.05, 3.63) is 127 Å². The average molecular weight is 591 g/mol. The van der Waals surface area contributed by atoms with Crippen LogP contribution >= 0.6 is 0 Å². The number of nitrogens with zero attached hydrogens (tertiary/aromatic N) is 4. The number of phenols is 1. The van der Waals surface area contributed by atoms with Gasteiger partial charge < -0.3 is 5.11 Å². The quantitative estimate of drug-likeness (QED) is 0.216. The van der Waals surface area contributed by atoms with Crippen LogP contribution in [0.4, 0.5) is 0 Å². The van der Waals surface area contributed by atoms with E-state index in [-0.39, 0.29) is 16.6 Å². The van der Waals surface area contributed by atoms with E-state index in [0.717, 1.165) is 45.2 Å². The lowest BCUT2D eigenvalue weighted by Gasteiger charge is -2.22. The van der Waals surface area contributed by atoms with E-state index in [0.29, 0.717) is 16.8 Å². The number of rotatable bonds is 5. The first-order valence-corrected chi connectivity index (χ1v) is 15.3. The van der Waals surface area contributed by atoms with Crippen LogP contribution in [0.25, 0.3) is 56.4 Å². The van der Waals surface area contributed by atoms with Gasteiger partial charge in [-0.25, -0.2) is 9.97 Å². The fourth-order valence-electron chi connectivity index (χ4n) is 5.34. The van der Waals surface area contributed by atoms with Gasteiger partial charge in [0.25, 0.3) is 0 Å². The summed E-state index contributed by atoms with van der Waals surface area (Å²) >= 11 is 0. The molecule has 0 saturated heterocycles. The van der Waals surface area contributed by atoms with Gasteiger partial charge in [0.05, 0.1) is 34.2 Å². The van der Waals surface area contributed by atoms with Crippen LogP contribution in [0.15, 0.2) is 116 Å². The lowest BCUT2D eigenvalue weighted by Crippen LogP contribution is -2.11. The smallest absolute Gasteiger partial charge is 0.134 e. The largest absolute Gasteiger partial charge is 0.507 e. The fraction of sp³-hybridized carbons (Fsp3) is 0.200. The number of aromatic nitrogens is 4. The molecular weight excluding hydrogens is 552 g/mol. The summed E-state index contributed by atoms with van der Waals surface area (Å²) < 4.78 is 0. The van der Waals surface area contributed by atoms with E-state index in [1.54, 1.807) is 6.20 Å². The molecule has 0 radical (unpaired) electrons. The highest BCUT2D eigenvalue weighted by Gasteiger charge is 2.22. The molecule has 0 bridgehead atoms. The van der Waals surface area contributed by atoms with E-state index in [4.69, 9.17) is 9.97 Å². The maximum absolute atomic E-state index is 11.6. The molecule has 45 heavy (non-hydrogen) atoms.